The molecule has 1 aliphatic rings. The predicted octanol–water partition coefficient (Wildman–Crippen LogP) is 5.06. The lowest BCUT2D eigenvalue weighted by atomic mass is 9.87. The van der Waals surface area contributed by atoms with Crippen molar-refractivity contribution in [2.24, 2.45) is 0 Å². The van der Waals surface area contributed by atoms with Crippen LogP contribution in [0.25, 0.3) is 22.2 Å². The van der Waals surface area contributed by atoms with E-state index >= 15 is 0 Å². The standard InChI is InChI=1S/C31H28FN5O4/c1-30(37-17-34-35-18-37)16-41-29-23(30)15-26(36-28(29)19-6-8-22(32)9-7-19)31(2,39)11-10-24(38)21-13-20-5-4-12-33-27(20)25(14-21)40-3/h4-9,12-15,17-18,39H,10-11,16H2,1-3H3/t30-,31-/m0/s1. The van der Waals surface area contributed by atoms with Crippen molar-refractivity contribution in [3.05, 3.63) is 96.1 Å². The second-order valence-corrected chi connectivity index (χ2v) is 10.6. The Morgan fingerprint density at radius 1 is 1.17 bits per heavy atom. The summed E-state index contributed by atoms with van der Waals surface area (Å²) in [5.41, 5.74) is 1.27. The lowest BCUT2D eigenvalue weighted by Crippen LogP contribution is -2.33. The Kier molecular flexibility index (Phi) is 6.50. The number of carbonyl (C=O) groups excluding carboxylic acids is 1. The topological polar surface area (TPSA) is 112 Å². The number of Topliss-reactive ketones (excluding diaryl/α,β-unsaturated/α-hetero) is 1. The van der Waals surface area contributed by atoms with E-state index in [2.05, 4.69) is 15.2 Å². The molecule has 1 N–H and O–H groups in total. The van der Waals surface area contributed by atoms with Gasteiger partial charge >= 0.3 is 0 Å². The Hall–Kier alpha value is -4.70. The second-order valence-electron chi connectivity index (χ2n) is 10.6. The highest BCUT2D eigenvalue weighted by molar-refractivity contribution is 6.01. The maximum Gasteiger partial charge on any atom is 0.163 e. The van der Waals surface area contributed by atoms with Crippen molar-refractivity contribution in [1.29, 1.82) is 0 Å². The van der Waals surface area contributed by atoms with Gasteiger partial charge in [0.1, 0.15) is 53.2 Å². The number of carbonyl (C=O) groups is 1. The molecule has 0 saturated heterocycles. The number of ether oxygens (including phenoxy) is 2. The minimum atomic E-state index is -1.47. The maximum atomic E-state index is 13.8. The fourth-order valence-electron chi connectivity index (χ4n) is 5.22. The van der Waals surface area contributed by atoms with Gasteiger partial charge in [0, 0.05) is 34.7 Å². The summed E-state index contributed by atoms with van der Waals surface area (Å²) in [6.07, 6.45) is 5.07. The number of hydrogen-bond donors (Lipinski definition) is 1. The highest BCUT2D eigenvalue weighted by Crippen LogP contribution is 2.46. The van der Waals surface area contributed by atoms with Crippen LogP contribution in [0.2, 0.25) is 0 Å². The second kappa shape index (κ2) is 10.0. The molecule has 0 amide bonds. The van der Waals surface area contributed by atoms with E-state index in [4.69, 9.17) is 14.5 Å². The molecule has 208 valence electrons. The Morgan fingerprint density at radius 2 is 1.93 bits per heavy atom. The van der Waals surface area contributed by atoms with Gasteiger partial charge in [-0.05, 0) is 68.8 Å². The monoisotopic (exact) mass is 553 g/mol. The van der Waals surface area contributed by atoms with Crippen LogP contribution in [0.15, 0.2) is 73.4 Å². The van der Waals surface area contributed by atoms with E-state index in [1.165, 1.54) is 19.2 Å². The summed E-state index contributed by atoms with van der Waals surface area (Å²) in [6.45, 7) is 3.92. The Morgan fingerprint density at radius 3 is 2.66 bits per heavy atom. The van der Waals surface area contributed by atoms with E-state index in [1.807, 2.05) is 23.6 Å². The first kappa shape index (κ1) is 26.5. The summed E-state index contributed by atoms with van der Waals surface area (Å²) in [7, 11) is 1.54. The van der Waals surface area contributed by atoms with Crippen molar-refractivity contribution in [2.75, 3.05) is 13.7 Å². The first-order chi connectivity index (χ1) is 19.7. The molecular formula is C31H28FN5O4. The summed E-state index contributed by atoms with van der Waals surface area (Å²) in [5.74, 6) is 0.534. The fourth-order valence-corrected chi connectivity index (χ4v) is 5.22. The quantitative estimate of drug-likeness (QED) is 0.265. The normalized spacial score (nSPS) is 17.6. The van der Waals surface area contributed by atoms with Crippen LogP contribution in [0.4, 0.5) is 4.39 Å². The average molecular weight is 554 g/mol. The highest BCUT2D eigenvalue weighted by Gasteiger charge is 2.42. The first-order valence-corrected chi connectivity index (χ1v) is 13.2. The van der Waals surface area contributed by atoms with Gasteiger partial charge in [0.2, 0.25) is 0 Å². The smallest absolute Gasteiger partial charge is 0.163 e. The molecule has 0 unspecified atom stereocenters. The number of benzene rings is 2. The molecule has 9 nitrogen and oxygen atoms in total. The van der Waals surface area contributed by atoms with Crippen molar-refractivity contribution < 1.29 is 23.8 Å². The lowest BCUT2D eigenvalue weighted by molar-refractivity contribution is 0.0396. The number of methoxy groups -OCH3 is 1. The molecule has 0 fully saturated rings. The number of nitrogens with zero attached hydrogens (tertiary/aromatic N) is 5. The summed E-state index contributed by atoms with van der Waals surface area (Å²) in [6, 6.07) is 14.9. The van der Waals surface area contributed by atoms with Crippen LogP contribution in [0.5, 0.6) is 11.5 Å². The molecule has 2 aromatic carbocycles. The third kappa shape index (κ3) is 4.70. The van der Waals surface area contributed by atoms with E-state index in [-0.39, 0.29) is 24.4 Å². The summed E-state index contributed by atoms with van der Waals surface area (Å²) >= 11 is 0. The van der Waals surface area contributed by atoms with E-state index in [1.54, 1.807) is 56.1 Å². The molecule has 2 atom stereocenters. The third-order valence-corrected chi connectivity index (χ3v) is 7.76. The van der Waals surface area contributed by atoms with Gasteiger partial charge in [-0.1, -0.05) is 6.07 Å². The molecule has 4 heterocycles. The van der Waals surface area contributed by atoms with Crippen LogP contribution in [0.1, 0.15) is 48.3 Å². The van der Waals surface area contributed by atoms with Crippen LogP contribution in [-0.4, -0.2) is 49.3 Å². The molecule has 0 saturated carbocycles. The van der Waals surface area contributed by atoms with E-state index in [0.717, 1.165) is 10.9 Å². The van der Waals surface area contributed by atoms with Crippen LogP contribution in [-0.2, 0) is 11.1 Å². The highest BCUT2D eigenvalue weighted by atomic mass is 19.1. The first-order valence-electron chi connectivity index (χ1n) is 13.2. The van der Waals surface area contributed by atoms with Gasteiger partial charge < -0.3 is 19.1 Å². The van der Waals surface area contributed by atoms with E-state index < -0.39 is 11.1 Å². The Bertz CT molecular complexity index is 1760. The zero-order valence-corrected chi connectivity index (χ0v) is 22.8. The summed E-state index contributed by atoms with van der Waals surface area (Å²) in [4.78, 5) is 22.5. The van der Waals surface area contributed by atoms with Crippen molar-refractivity contribution in [3.8, 4) is 22.8 Å². The molecule has 3 aromatic heterocycles. The number of aliphatic hydroxyl groups is 1. The fraction of sp³-hybridized carbons (Fsp3) is 0.258. The van der Waals surface area contributed by atoms with Crippen LogP contribution >= 0.6 is 0 Å². The molecule has 6 rings (SSSR count). The molecular weight excluding hydrogens is 525 g/mol. The largest absolute Gasteiger partial charge is 0.494 e. The zero-order chi connectivity index (χ0) is 28.8. The number of rotatable bonds is 8. The number of ketones is 1. The van der Waals surface area contributed by atoms with Crippen molar-refractivity contribution in [3.63, 3.8) is 0 Å². The number of aromatic nitrogens is 5. The van der Waals surface area contributed by atoms with Crippen LogP contribution in [0, 0.1) is 5.82 Å². The van der Waals surface area contributed by atoms with Gasteiger partial charge in [0.15, 0.2) is 11.5 Å². The van der Waals surface area contributed by atoms with Crippen LogP contribution in [0.3, 0.4) is 0 Å². The van der Waals surface area contributed by atoms with Crippen molar-refractivity contribution in [2.45, 2.75) is 37.8 Å². The Labute approximate surface area is 235 Å². The van der Waals surface area contributed by atoms with Gasteiger partial charge in [-0.25, -0.2) is 9.37 Å². The minimum Gasteiger partial charge on any atom is -0.494 e. The van der Waals surface area contributed by atoms with Gasteiger partial charge in [-0.2, -0.15) is 0 Å². The number of fused-ring (bicyclic) bond motifs is 2. The van der Waals surface area contributed by atoms with E-state index in [0.29, 0.717) is 46.1 Å². The molecule has 0 aliphatic carbocycles. The average Bonchev–Trinajstić information content (AvgIpc) is 3.65. The van der Waals surface area contributed by atoms with Gasteiger partial charge in [0.05, 0.1) is 12.8 Å². The van der Waals surface area contributed by atoms with E-state index in [9.17, 15) is 14.3 Å². The molecule has 0 spiro atoms. The molecule has 5 aromatic rings. The molecule has 1 aliphatic heterocycles. The summed E-state index contributed by atoms with van der Waals surface area (Å²) in [5, 5.41) is 20.4. The number of pyridine rings is 2. The maximum absolute atomic E-state index is 13.8. The van der Waals surface area contributed by atoms with Crippen molar-refractivity contribution in [1.82, 2.24) is 24.7 Å². The van der Waals surface area contributed by atoms with Gasteiger partial charge in [-0.15, -0.1) is 10.2 Å². The van der Waals surface area contributed by atoms with Gasteiger partial charge in [0.25, 0.3) is 0 Å². The summed E-state index contributed by atoms with van der Waals surface area (Å²) < 4.78 is 27.2. The minimum absolute atomic E-state index is 0.0613. The Balaban J connectivity index is 1.36. The van der Waals surface area contributed by atoms with Crippen LogP contribution < -0.4 is 9.47 Å². The number of hydrogen-bond acceptors (Lipinski definition) is 8. The number of halogens is 1. The lowest BCUT2D eigenvalue weighted by Gasteiger charge is -2.27. The predicted molar refractivity (Wildman–Crippen MR) is 149 cm³/mol. The zero-order valence-electron chi connectivity index (χ0n) is 22.8. The molecule has 0 bridgehead atoms. The van der Waals surface area contributed by atoms with Crippen molar-refractivity contribution >= 4 is 16.7 Å². The molecule has 0 radical (unpaired) electrons. The third-order valence-electron chi connectivity index (χ3n) is 7.76. The SMILES string of the molecule is COc1cc(C(=O)CC[C@](C)(O)c2cc3c(c(-c4ccc(F)cc4)n2)OC[C@]3(C)n2cnnc2)cc2cccnc12. The van der Waals surface area contributed by atoms with Gasteiger partial charge in [-0.3, -0.25) is 9.78 Å². The molecule has 41 heavy (non-hydrogen) atoms. The molecule has 10 heteroatoms.